The van der Waals surface area contributed by atoms with Crippen LogP contribution in [0.15, 0.2) is 39.7 Å². The molecule has 2 N–H and O–H groups in total. The van der Waals surface area contributed by atoms with Crippen molar-refractivity contribution in [2.45, 2.75) is 37.5 Å². The first-order valence-electron chi connectivity index (χ1n) is 8.11. The third-order valence-electron chi connectivity index (χ3n) is 4.68. The Bertz CT molecular complexity index is 910. The maximum Gasteiger partial charge on any atom is 0.264 e. The third kappa shape index (κ3) is 3.00. The summed E-state index contributed by atoms with van der Waals surface area (Å²) in [6.07, 6.45) is 1.38. The number of sulfonamides is 1. The first-order valence-corrected chi connectivity index (χ1v) is 10.3. The molecule has 0 saturated carbocycles. The molecule has 1 aliphatic heterocycles. The molecule has 0 aliphatic carbocycles. The Balaban J connectivity index is 2.22. The molecular weight excluding hydrogens is 406 g/mol. The van der Waals surface area contributed by atoms with Crippen molar-refractivity contribution in [1.29, 1.82) is 0 Å². The van der Waals surface area contributed by atoms with Gasteiger partial charge < -0.3 is 10.2 Å². The average Bonchev–Trinajstić information content (AvgIpc) is 2.58. The summed E-state index contributed by atoms with van der Waals surface area (Å²) in [5, 5.41) is 20.4. The Kier molecular flexibility index (Phi) is 4.72. The van der Waals surface area contributed by atoms with Gasteiger partial charge in [-0.05, 0) is 53.7 Å². The number of fused-ring (bicyclic) bond motifs is 1. The standard InChI is InChI=1S/C18H20BrNO4S/c1-3-12-8-9-20(18-16(12)14(21)10-15(22)17(18)19)25(23,24)13-6-4-11(2)5-7-13/h4-7,10,12,21-22H,3,8-9H2,1-2H3/t12-/m1/s1. The van der Waals surface area contributed by atoms with E-state index in [-0.39, 0.29) is 26.8 Å². The normalized spacial score (nSPS) is 17.4. The van der Waals surface area contributed by atoms with Crippen molar-refractivity contribution in [3.63, 3.8) is 0 Å². The molecule has 134 valence electrons. The average molecular weight is 426 g/mol. The molecule has 0 radical (unpaired) electrons. The lowest BCUT2D eigenvalue weighted by atomic mass is 9.88. The van der Waals surface area contributed by atoms with Gasteiger partial charge in [-0.2, -0.15) is 0 Å². The number of phenols is 2. The number of aryl methyl sites for hydroxylation is 1. The van der Waals surface area contributed by atoms with Crippen LogP contribution >= 0.6 is 15.9 Å². The fraction of sp³-hybridized carbons (Fsp3) is 0.333. The number of aromatic hydroxyl groups is 2. The molecule has 0 amide bonds. The zero-order chi connectivity index (χ0) is 18.4. The van der Waals surface area contributed by atoms with E-state index in [1.54, 1.807) is 24.3 Å². The van der Waals surface area contributed by atoms with Gasteiger partial charge >= 0.3 is 0 Å². The smallest absolute Gasteiger partial charge is 0.264 e. The van der Waals surface area contributed by atoms with Crippen molar-refractivity contribution in [1.82, 2.24) is 0 Å². The number of benzene rings is 2. The molecule has 1 atom stereocenters. The lowest BCUT2D eigenvalue weighted by molar-refractivity contribution is 0.433. The Labute approximate surface area is 156 Å². The second-order valence-electron chi connectivity index (χ2n) is 6.28. The van der Waals surface area contributed by atoms with Crippen molar-refractivity contribution in [3.05, 3.63) is 45.9 Å². The molecule has 2 aromatic carbocycles. The van der Waals surface area contributed by atoms with Gasteiger partial charge in [-0.15, -0.1) is 0 Å². The van der Waals surface area contributed by atoms with Crippen LogP contribution in [0.2, 0.25) is 0 Å². The molecule has 0 aromatic heterocycles. The lowest BCUT2D eigenvalue weighted by Gasteiger charge is -2.36. The molecule has 3 rings (SSSR count). The number of rotatable bonds is 3. The Hall–Kier alpha value is -1.73. The van der Waals surface area contributed by atoms with Crippen molar-refractivity contribution >= 4 is 31.6 Å². The van der Waals surface area contributed by atoms with Gasteiger partial charge in [0.15, 0.2) is 0 Å². The van der Waals surface area contributed by atoms with E-state index < -0.39 is 10.0 Å². The molecule has 0 fully saturated rings. The first kappa shape index (κ1) is 18.1. The van der Waals surface area contributed by atoms with Crippen molar-refractivity contribution < 1.29 is 18.6 Å². The molecule has 0 spiro atoms. The van der Waals surface area contributed by atoms with Crippen LogP contribution in [0.1, 0.15) is 36.8 Å². The molecule has 0 bridgehead atoms. The van der Waals surface area contributed by atoms with Crippen LogP contribution in [0, 0.1) is 6.92 Å². The molecule has 25 heavy (non-hydrogen) atoms. The van der Waals surface area contributed by atoms with Crippen LogP contribution in [-0.4, -0.2) is 25.2 Å². The largest absolute Gasteiger partial charge is 0.507 e. The van der Waals surface area contributed by atoms with E-state index in [0.29, 0.717) is 24.2 Å². The van der Waals surface area contributed by atoms with E-state index in [1.165, 1.54) is 10.4 Å². The van der Waals surface area contributed by atoms with Crippen molar-refractivity contribution in [3.8, 4) is 11.5 Å². The topological polar surface area (TPSA) is 77.8 Å². The summed E-state index contributed by atoms with van der Waals surface area (Å²) in [5.41, 5.74) is 1.87. The summed E-state index contributed by atoms with van der Waals surface area (Å²) in [6.45, 7) is 4.19. The zero-order valence-electron chi connectivity index (χ0n) is 14.0. The minimum Gasteiger partial charge on any atom is -0.507 e. The number of phenolic OH excluding ortho intramolecular Hbond substituents is 2. The zero-order valence-corrected chi connectivity index (χ0v) is 16.4. The summed E-state index contributed by atoms with van der Waals surface area (Å²) in [6, 6.07) is 7.91. The highest BCUT2D eigenvalue weighted by atomic mass is 79.9. The minimum absolute atomic E-state index is 0.0383. The fourth-order valence-electron chi connectivity index (χ4n) is 3.29. The number of nitrogens with zero attached hydrogens (tertiary/aromatic N) is 1. The lowest BCUT2D eigenvalue weighted by Crippen LogP contribution is -2.37. The van der Waals surface area contributed by atoms with Gasteiger partial charge in [-0.3, -0.25) is 4.31 Å². The maximum atomic E-state index is 13.2. The van der Waals surface area contributed by atoms with Crippen LogP contribution in [0.4, 0.5) is 5.69 Å². The van der Waals surface area contributed by atoms with E-state index in [1.807, 2.05) is 13.8 Å². The molecule has 7 heteroatoms. The predicted molar refractivity (Wildman–Crippen MR) is 101 cm³/mol. The van der Waals surface area contributed by atoms with Gasteiger partial charge in [0.05, 0.1) is 15.1 Å². The fourth-order valence-corrected chi connectivity index (χ4v) is 5.46. The summed E-state index contributed by atoms with van der Waals surface area (Å²) in [7, 11) is -3.80. The predicted octanol–water partition coefficient (Wildman–Crippen LogP) is 4.26. The Morgan fingerprint density at radius 3 is 2.44 bits per heavy atom. The molecule has 0 unspecified atom stereocenters. The van der Waals surface area contributed by atoms with E-state index >= 15 is 0 Å². The number of anilines is 1. The Morgan fingerprint density at radius 1 is 1.20 bits per heavy atom. The number of hydrogen-bond acceptors (Lipinski definition) is 4. The van der Waals surface area contributed by atoms with Crippen molar-refractivity contribution in [2.75, 3.05) is 10.8 Å². The van der Waals surface area contributed by atoms with E-state index in [0.717, 1.165) is 12.0 Å². The second kappa shape index (κ2) is 6.53. The highest BCUT2D eigenvalue weighted by Crippen LogP contribution is 2.51. The van der Waals surface area contributed by atoms with Crippen LogP contribution in [0.5, 0.6) is 11.5 Å². The minimum atomic E-state index is -3.80. The van der Waals surface area contributed by atoms with E-state index in [2.05, 4.69) is 15.9 Å². The van der Waals surface area contributed by atoms with Crippen LogP contribution in [0.25, 0.3) is 0 Å². The highest BCUT2D eigenvalue weighted by Gasteiger charge is 2.36. The molecule has 1 aliphatic rings. The van der Waals surface area contributed by atoms with Gasteiger partial charge in [-0.25, -0.2) is 8.42 Å². The molecule has 2 aromatic rings. The highest BCUT2D eigenvalue weighted by molar-refractivity contribution is 9.10. The first-order chi connectivity index (χ1) is 11.8. The SMILES string of the molecule is CC[C@@H]1CCN(S(=O)(=O)c2ccc(C)cc2)c2c(Br)c(O)cc(O)c21. The van der Waals surface area contributed by atoms with Crippen LogP contribution in [0.3, 0.4) is 0 Å². The second-order valence-corrected chi connectivity index (χ2v) is 8.93. The number of halogens is 1. The van der Waals surface area contributed by atoms with Gasteiger partial charge in [0.1, 0.15) is 11.5 Å². The molecule has 1 heterocycles. The summed E-state index contributed by atoms with van der Waals surface area (Å²) in [4.78, 5) is 0.189. The number of hydrogen-bond donors (Lipinski definition) is 2. The third-order valence-corrected chi connectivity index (χ3v) is 7.27. The monoisotopic (exact) mass is 425 g/mol. The molecule has 5 nitrogen and oxygen atoms in total. The summed E-state index contributed by atoms with van der Waals surface area (Å²) < 4.78 is 27.9. The quantitative estimate of drug-likeness (QED) is 0.769. The maximum absolute atomic E-state index is 13.2. The summed E-state index contributed by atoms with van der Waals surface area (Å²) in [5.74, 6) is -0.222. The van der Waals surface area contributed by atoms with Gasteiger partial charge in [0.2, 0.25) is 0 Å². The van der Waals surface area contributed by atoms with Gasteiger partial charge in [-0.1, -0.05) is 24.6 Å². The van der Waals surface area contributed by atoms with Gasteiger partial charge in [0, 0.05) is 18.2 Å². The summed E-state index contributed by atoms with van der Waals surface area (Å²) >= 11 is 3.31. The van der Waals surface area contributed by atoms with Gasteiger partial charge in [0.25, 0.3) is 10.0 Å². The van der Waals surface area contributed by atoms with Crippen LogP contribution in [-0.2, 0) is 10.0 Å². The van der Waals surface area contributed by atoms with Crippen molar-refractivity contribution in [2.24, 2.45) is 0 Å². The van der Waals surface area contributed by atoms with Crippen LogP contribution < -0.4 is 4.31 Å². The Morgan fingerprint density at radius 2 is 1.84 bits per heavy atom. The molecular formula is C18H20BrNO4S. The van der Waals surface area contributed by atoms with E-state index in [4.69, 9.17) is 0 Å². The molecule has 0 saturated heterocycles. The van der Waals surface area contributed by atoms with E-state index in [9.17, 15) is 18.6 Å².